The number of hydrogen-bond acceptors (Lipinski definition) is 1. The molecular weight excluding hydrogens is 100 g/mol. The summed E-state index contributed by atoms with van der Waals surface area (Å²) in [4.78, 5) is 10.8. The second-order valence-corrected chi connectivity index (χ2v) is 2.96. The smallest absolute Gasteiger partial charge is 0.139 e. The molecule has 0 unspecified atom stereocenters. The van der Waals surface area contributed by atoms with Gasteiger partial charge in [-0.3, -0.25) is 4.79 Å². The van der Waals surface area contributed by atoms with Gasteiger partial charge in [0, 0.05) is 11.8 Å². The van der Waals surface area contributed by atoms with E-state index in [0.717, 1.165) is 0 Å². The minimum absolute atomic E-state index is 0.508. The standard InChI is InChI=1S/C7H10O/c8-7-5-2-1-3-6(7)4-5/h5-6H,1-4H2/t5-,6+. The Morgan fingerprint density at radius 2 is 1.88 bits per heavy atom. The molecule has 0 heterocycles. The zero-order valence-corrected chi connectivity index (χ0v) is 4.89. The molecule has 0 aromatic carbocycles. The van der Waals surface area contributed by atoms with Crippen LogP contribution in [0.3, 0.4) is 0 Å². The Balaban J connectivity index is 2.13. The number of ketones is 1. The monoisotopic (exact) mass is 110 g/mol. The third kappa shape index (κ3) is 0.396. The predicted octanol–water partition coefficient (Wildman–Crippen LogP) is 1.38. The highest BCUT2D eigenvalue weighted by Crippen LogP contribution is 2.41. The summed E-state index contributed by atoms with van der Waals surface area (Å²) < 4.78 is 0. The van der Waals surface area contributed by atoms with E-state index in [2.05, 4.69) is 0 Å². The molecule has 2 atom stereocenters. The van der Waals surface area contributed by atoms with Crippen molar-refractivity contribution in [2.45, 2.75) is 25.7 Å². The van der Waals surface area contributed by atoms with Crippen LogP contribution in [-0.2, 0) is 4.79 Å². The highest BCUT2D eigenvalue weighted by Gasteiger charge is 2.41. The fraction of sp³-hybridized carbons (Fsp3) is 0.857. The molecule has 1 heteroatoms. The largest absolute Gasteiger partial charge is 0.299 e. The van der Waals surface area contributed by atoms with E-state index < -0.39 is 0 Å². The highest BCUT2D eigenvalue weighted by molar-refractivity contribution is 5.89. The topological polar surface area (TPSA) is 17.1 Å². The van der Waals surface area contributed by atoms with Crippen molar-refractivity contribution in [1.82, 2.24) is 0 Å². The predicted molar refractivity (Wildman–Crippen MR) is 30.5 cm³/mol. The van der Waals surface area contributed by atoms with Gasteiger partial charge in [-0.2, -0.15) is 0 Å². The van der Waals surface area contributed by atoms with Gasteiger partial charge in [0.1, 0.15) is 5.78 Å². The molecule has 2 bridgehead atoms. The van der Waals surface area contributed by atoms with Gasteiger partial charge < -0.3 is 0 Å². The van der Waals surface area contributed by atoms with Gasteiger partial charge in [0.25, 0.3) is 0 Å². The van der Waals surface area contributed by atoms with Crippen LogP contribution in [-0.4, -0.2) is 5.78 Å². The molecule has 44 valence electrons. The van der Waals surface area contributed by atoms with E-state index in [9.17, 15) is 4.79 Å². The molecule has 3 aliphatic rings. The minimum Gasteiger partial charge on any atom is -0.299 e. The van der Waals surface area contributed by atoms with Crippen molar-refractivity contribution in [3.63, 3.8) is 0 Å². The zero-order valence-electron chi connectivity index (χ0n) is 4.89. The van der Waals surface area contributed by atoms with E-state index in [1.807, 2.05) is 0 Å². The van der Waals surface area contributed by atoms with Crippen LogP contribution in [0.2, 0.25) is 0 Å². The summed E-state index contributed by atoms with van der Waals surface area (Å²) in [5, 5.41) is 0. The lowest BCUT2D eigenvalue weighted by atomic mass is 9.64. The summed E-state index contributed by atoms with van der Waals surface area (Å²) in [6, 6.07) is 0. The fourth-order valence-electron chi connectivity index (χ4n) is 1.88. The third-order valence-corrected chi connectivity index (χ3v) is 2.48. The highest BCUT2D eigenvalue weighted by atomic mass is 16.1. The number of Topliss-reactive ketones (excluding diaryl/α,β-unsaturated/α-hetero) is 1. The van der Waals surface area contributed by atoms with E-state index in [-0.39, 0.29) is 0 Å². The lowest BCUT2D eigenvalue weighted by Crippen LogP contribution is -2.40. The lowest BCUT2D eigenvalue weighted by molar-refractivity contribution is -0.139. The zero-order chi connectivity index (χ0) is 5.56. The molecule has 3 saturated carbocycles. The van der Waals surface area contributed by atoms with Crippen molar-refractivity contribution in [2.75, 3.05) is 0 Å². The summed E-state index contributed by atoms with van der Waals surface area (Å²) in [6.45, 7) is 0. The molecule has 0 aromatic heterocycles. The Labute approximate surface area is 49.1 Å². The molecule has 3 fully saturated rings. The molecule has 1 nitrogen and oxygen atoms in total. The van der Waals surface area contributed by atoms with E-state index in [4.69, 9.17) is 0 Å². The third-order valence-electron chi connectivity index (χ3n) is 2.48. The van der Waals surface area contributed by atoms with Gasteiger partial charge in [0.15, 0.2) is 0 Å². The van der Waals surface area contributed by atoms with Crippen LogP contribution in [0.1, 0.15) is 25.7 Å². The van der Waals surface area contributed by atoms with Crippen LogP contribution in [0.25, 0.3) is 0 Å². The van der Waals surface area contributed by atoms with Gasteiger partial charge in [-0.05, 0) is 19.3 Å². The van der Waals surface area contributed by atoms with Crippen LogP contribution in [0.15, 0.2) is 0 Å². The van der Waals surface area contributed by atoms with Crippen LogP contribution in [0.4, 0.5) is 0 Å². The average molecular weight is 110 g/mol. The maximum absolute atomic E-state index is 10.8. The number of carbonyl (C=O) groups excluding carboxylic acids is 1. The molecule has 0 amide bonds. The molecule has 3 rings (SSSR count). The Bertz CT molecular complexity index is 112. The Morgan fingerprint density at radius 3 is 2.12 bits per heavy atom. The molecule has 0 spiro atoms. The number of hydrogen-bond donors (Lipinski definition) is 0. The summed E-state index contributed by atoms with van der Waals surface area (Å²) in [5.74, 6) is 1.58. The molecule has 3 aliphatic carbocycles. The maximum Gasteiger partial charge on any atom is 0.139 e. The van der Waals surface area contributed by atoms with Crippen molar-refractivity contribution in [3.05, 3.63) is 0 Å². The first kappa shape index (κ1) is 4.54. The summed E-state index contributed by atoms with van der Waals surface area (Å²) in [7, 11) is 0. The summed E-state index contributed by atoms with van der Waals surface area (Å²) in [6.07, 6.45) is 4.91. The van der Waals surface area contributed by atoms with Gasteiger partial charge in [0.2, 0.25) is 0 Å². The van der Waals surface area contributed by atoms with Crippen molar-refractivity contribution in [3.8, 4) is 0 Å². The van der Waals surface area contributed by atoms with Gasteiger partial charge in [-0.25, -0.2) is 0 Å². The number of rotatable bonds is 0. The van der Waals surface area contributed by atoms with Gasteiger partial charge in [0.05, 0.1) is 0 Å². The molecule has 0 radical (unpaired) electrons. The van der Waals surface area contributed by atoms with E-state index >= 15 is 0 Å². The minimum atomic E-state index is 0.508. The Hall–Kier alpha value is -0.330. The number of carbonyl (C=O) groups is 1. The molecule has 8 heavy (non-hydrogen) atoms. The average Bonchev–Trinajstić information content (AvgIpc) is 1.89. The first-order valence-corrected chi connectivity index (χ1v) is 3.41. The van der Waals surface area contributed by atoms with Crippen molar-refractivity contribution < 1.29 is 4.79 Å². The van der Waals surface area contributed by atoms with Gasteiger partial charge >= 0.3 is 0 Å². The molecule has 0 aromatic rings. The lowest BCUT2D eigenvalue weighted by Gasteiger charge is -2.38. The van der Waals surface area contributed by atoms with Crippen LogP contribution in [0.5, 0.6) is 0 Å². The SMILES string of the molecule is O=C1[C@@H]2CCC[C@H]1C2. The summed E-state index contributed by atoms with van der Waals surface area (Å²) in [5.41, 5.74) is 0. The van der Waals surface area contributed by atoms with Crippen LogP contribution in [0, 0.1) is 11.8 Å². The maximum atomic E-state index is 10.8. The summed E-state index contributed by atoms with van der Waals surface area (Å²) >= 11 is 0. The van der Waals surface area contributed by atoms with Crippen molar-refractivity contribution in [2.24, 2.45) is 11.8 Å². The Kier molecular flexibility index (Phi) is 0.758. The van der Waals surface area contributed by atoms with Crippen molar-refractivity contribution >= 4 is 5.78 Å². The Morgan fingerprint density at radius 1 is 1.25 bits per heavy atom. The first-order chi connectivity index (χ1) is 3.88. The fourth-order valence-corrected chi connectivity index (χ4v) is 1.88. The van der Waals surface area contributed by atoms with E-state index in [1.165, 1.54) is 25.7 Å². The van der Waals surface area contributed by atoms with E-state index in [1.54, 1.807) is 0 Å². The molecule has 0 N–H and O–H groups in total. The second-order valence-electron chi connectivity index (χ2n) is 2.96. The van der Waals surface area contributed by atoms with Gasteiger partial charge in [-0.15, -0.1) is 0 Å². The van der Waals surface area contributed by atoms with Crippen LogP contribution >= 0.6 is 0 Å². The molecule has 0 aliphatic heterocycles. The molecule has 0 saturated heterocycles. The second kappa shape index (κ2) is 1.34. The van der Waals surface area contributed by atoms with Crippen molar-refractivity contribution in [1.29, 1.82) is 0 Å². The normalized spacial score (nSPS) is 43.8. The quantitative estimate of drug-likeness (QED) is 0.460. The van der Waals surface area contributed by atoms with Gasteiger partial charge in [-0.1, -0.05) is 6.42 Å². The number of fused-ring (bicyclic) bond motifs is 2. The van der Waals surface area contributed by atoms with E-state index in [0.29, 0.717) is 17.6 Å². The first-order valence-electron chi connectivity index (χ1n) is 3.41. The van der Waals surface area contributed by atoms with Crippen LogP contribution < -0.4 is 0 Å². The molecular formula is C7H10O.